The molecule has 4 aromatic rings. The second-order valence-corrected chi connectivity index (χ2v) is 7.45. The first-order valence-electron chi connectivity index (χ1n) is 9.11. The molecule has 7 heteroatoms. The van der Waals surface area contributed by atoms with Gasteiger partial charge < -0.3 is 0 Å². The predicted molar refractivity (Wildman–Crippen MR) is 120 cm³/mol. The van der Waals surface area contributed by atoms with Crippen LogP contribution in [0.5, 0.6) is 0 Å². The summed E-state index contributed by atoms with van der Waals surface area (Å²) in [6.45, 7) is 1.76. The van der Waals surface area contributed by atoms with E-state index in [4.69, 9.17) is 23.2 Å². The van der Waals surface area contributed by atoms with E-state index in [2.05, 4.69) is 10.1 Å². The molecule has 0 atom stereocenters. The minimum atomic E-state index is -0.376. The lowest BCUT2D eigenvalue weighted by molar-refractivity contribution is 0.627. The summed E-state index contributed by atoms with van der Waals surface area (Å²) in [7, 11) is 0. The van der Waals surface area contributed by atoms with E-state index in [9.17, 15) is 9.18 Å². The zero-order chi connectivity index (χ0) is 21.3. The highest BCUT2D eigenvalue weighted by atomic mass is 35.5. The molecule has 1 heterocycles. The molecule has 0 amide bonds. The minimum absolute atomic E-state index is 0.290. The Morgan fingerprint density at radius 2 is 1.67 bits per heavy atom. The van der Waals surface area contributed by atoms with E-state index in [0.29, 0.717) is 38.4 Å². The first-order chi connectivity index (χ1) is 14.4. The van der Waals surface area contributed by atoms with Gasteiger partial charge in [0.25, 0.3) is 5.56 Å². The Hall–Kier alpha value is -3.15. The van der Waals surface area contributed by atoms with Gasteiger partial charge in [-0.1, -0.05) is 53.5 Å². The average molecular weight is 440 g/mol. The summed E-state index contributed by atoms with van der Waals surface area (Å²) >= 11 is 12.1. The van der Waals surface area contributed by atoms with E-state index in [1.165, 1.54) is 28.9 Å². The molecule has 4 rings (SSSR count). The van der Waals surface area contributed by atoms with Crippen molar-refractivity contribution in [3.63, 3.8) is 0 Å². The standard InChI is InChI=1S/C23H16Cl2FN3O/c1-14(27-17-9-12-19(24)20(25)13-17)21-22(15-5-3-2-4-6-15)28-29(23(21)30)18-10-7-16(26)8-11-18/h2-13,28H,1H3. The largest absolute Gasteiger partial charge is 0.290 e. The number of aliphatic imine (C=N–C) groups is 1. The van der Waals surface area contributed by atoms with Crippen LogP contribution < -0.4 is 5.56 Å². The van der Waals surface area contributed by atoms with Crippen molar-refractivity contribution in [1.29, 1.82) is 0 Å². The van der Waals surface area contributed by atoms with Crippen LogP contribution in [0.15, 0.2) is 82.6 Å². The third-order valence-electron chi connectivity index (χ3n) is 4.60. The van der Waals surface area contributed by atoms with Crippen LogP contribution in [0.1, 0.15) is 12.5 Å². The van der Waals surface area contributed by atoms with Gasteiger partial charge in [0.15, 0.2) is 0 Å². The topological polar surface area (TPSA) is 50.1 Å². The van der Waals surface area contributed by atoms with Crippen LogP contribution in [0.2, 0.25) is 10.0 Å². The normalized spacial score (nSPS) is 11.7. The van der Waals surface area contributed by atoms with Gasteiger partial charge >= 0.3 is 0 Å². The predicted octanol–water partition coefficient (Wildman–Crippen LogP) is 6.42. The molecule has 0 unspecified atom stereocenters. The molecule has 30 heavy (non-hydrogen) atoms. The number of hydrogen-bond acceptors (Lipinski definition) is 2. The number of benzene rings is 3. The third kappa shape index (κ3) is 3.95. The Balaban J connectivity index is 1.90. The average Bonchev–Trinajstić information content (AvgIpc) is 3.09. The molecule has 0 radical (unpaired) electrons. The molecule has 1 aromatic heterocycles. The minimum Gasteiger partial charge on any atom is -0.290 e. The summed E-state index contributed by atoms with van der Waals surface area (Å²) in [5, 5.41) is 3.95. The third-order valence-corrected chi connectivity index (χ3v) is 5.34. The monoisotopic (exact) mass is 439 g/mol. The molecule has 150 valence electrons. The van der Waals surface area contributed by atoms with Gasteiger partial charge in [-0.25, -0.2) is 9.07 Å². The number of H-pyrrole nitrogens is 1. The molecule has 0 saturated carbocycles. The highest BCUT2D eigenvalue weighted by Crippen LogP contribution is 2.28. The van der Waals surface area contributed by atoms with Crippen LogP contribution >= 0.6 is 23.2 Å². The van der Waals surface area contributed by atoms with Crippen LogP contribution in [0.3, 0.4) is 0 Å². The molecule has 4 nitrogen and oxygen atoms in total. The lowest BCUT2D eigenvalue weighted by Gasteiger charge is -2.04. The summed E-state index contributed by atoms with van der Waals surface area (Å²) in [6.07, 6.45) is 0. The van der Waals surface area contributed by atoms with Gasteiger partial charge in [-0.05, 0) is 49.4 Å². The lowest BCUT2D eigenvalue weighted by atomic mass is 10.1. The summed E-state index contributed by atoms with van der Waals surface area (Å²) in [5.41, 5.74) is 3.18. The van der Waals surface area contributed by atoms with E-state index in [0.717, 1.165) is 5.56 Å². The van der Waals surface area contributed by atoms with E-state index in [1.54, 1.807) is 25.1 Å². The van der Waals surface area contributed by atoms with Gasteiger partial charge in [-0.15, -0.1) is 0 Å². The van der Waals surface area contributed by atoms with Crippen molar-refractivity contribution in [1.82, 2.24) is 9.78 Å². The number of rotatable bonds is 4. The first-order valence-corrected chi connectivity index (χ1v) is 9.87. The molecule has 0 aliphatic heterocycles. The highest BCUT2D eigenvalue weighted by Gasteiger charge is 2.19. The Morgan fingerprint density at radius 1 is 0.967 bits per heavy atom. The van der Waals surface area contributed by atoms with Gasteiger partial charge in [0, 0.05) is 5.56 Å². The fraction of sp³-hybridized carbons (Fsp3) is 0.0435. The maximum absolute atomic E-state index is 13.3. The van der Waals surface area contributed by atoms with Crippen LogP contribution in [-0.2, 0) is 0 Å². The second-order valence-electron chi connectivity index (χ2n) is 6.64. The summed E-state index contributed by atoms with van der Waals surface area (Å²) in [4.78, 5) is 17.9. The summed E-state index contributed by atoms with van der Waals surface area (Å²) < 4.78 is 14.7. The molecule has 0 spiro atoms. The van der Waals surface area contributed by atoms with Crippen LogP contribution in [-0.4, -0.2) is 15.5 Å². The Labute approximate surface area is 182 Å². The fourth-order valence-corrected chi connectivity index (χ4v) is 3.46. The van der Waals surface area contributed by atoms with Crippen LogP contribution in [0.4, 0.5) is 10.1 Å². The number of halogens is 3. The van der Waals surface area contributed by atoms with Gasteiger partial charge in [0.1, 0.15) is 5.82 Å². The van der Waals surface area contributed by atoms with Gasteiger partial charge in [-0.3, -0.25) is 14.9 Å². The van der Waals surface area contributed by atoms with E-state index >= 15 is 0 Å². The molecule has 0 fully saturated rings. The van der Waals surface area contributed by atoms with E-state index in [1.807, 2.05) is 30.3 Å². The van der Waals surface area contributed by atoms with Crippen molar-refractivity contribution < 1.29 is 4.39 Å². The van der Waals surface area contributed by atoms with Crippen molar-refractivity contribution in [2.45, 2.75) is 6.92 Å². The lowest BCUT2D eigenvalue weighted by Crippen LogP contribution is -2.19. The quantitative estimate of drug-likeness (QED) is 0.366. The second kappa shape index (κ2) is 8.30. The van der Waals surface area contributed by atoms with Crippen LogP contribution in [0.25, 0.3) is 16.9 Å². The fourth-order valence-electron chi connectivity index (χ4n) is 3.16. The van der Waals surface area contributed by atoms with E-state index in [-0.39, 0.29) is 11.4 Å². The number of hydrogen-bond donors (Lipinski definition) is 1. The molecule has 0 bridgehead atoms. The summed E-state index contributed by atoms with van der Waals surface area (Å²) in [5.74, 6) is -0.376. The van der Waals surface area contributed by atoms with E-state index < -0.39 is 0 Å². The highest BCUT2D eigenvalue weighted by molar-refractivity contribution is 6.42. The zero-order valence-corrected chi connectivity index (χ0v) is 17.4. The smallest absolute Gasteiger partial charge is 0.280 e. The first kappa shape index (κ1) is 20.1. The van der Waals surface area contributed by atoms with Crippen molar-refractivity contribution in [2.24, 2.45) is 4.99 Å². The van der Waals surface area contributed by atoms with Crippen molar-refractivity contribution in [3.8, 4) is 16.9 Å². The number of nitrogens with zero attached hydrogens (tertiary/aromatic N) is 2. The van der Waals surface area contributed by atoms with Gasteiger partial charge in [0.2, 0.25) is 0 Å². The Morgan fingerprint density at radius 3 is 2.33 bits per heavy atom. The maximum atomic E-state index is 13.3. The molecule has 3 aromatic carbocycles. The van der Waals surface area contributed by atoms with Crippen LogP contribution in [0, 0.1) is 5.82 Å². The number of nitrogens with one attached hydrogen (secondary N) is 1. The molecule has 0 aliphatic carbocycles. The molecule has 1 N–H and O–H groups in total. The molecular formula is C23H16Cl2FN3O. The van der Waals surface area contributed by atoms with Crippen molar-refractivity contribution in [2.75, 3.05) is 0 Å². The van der Waals surface area contributed by atoms with Gasteiger partial charge in [-0.2, -0.15) is 0 Å². The number of aromatic nitrogens is 2. The zero-order valence-electron chi connectivity index (χ0n) is 15.9. The van der Waals surface area contributed by atoms with Gasteiger partial charge in [0.05, 0.1) is 38.4 Å². The molecule has 0 saturated heterocycles. The Bertz CT molecular complexity index is 1290. The number of aromatic amines is 1. The van der Waals surface area contributed by atoms with Crippen molar-refractivity contribution >= 4 is 34.6 Å². The Kier molecular flexibility index (Phi) is 5.57. The van der Waals surface area contributed by atoms with Crippen molar-refractivity contribution in [3.05, 3.63) is 105 Å². The molecule has 0 aliphatic rings. The maximum Gasteiger partial charge on any atom is 0.280 e. The SMILES string of the molecule is CC(=Nc1ccc(Cl)c(Cl)c1)c1c(-c2ccccc2)[nH]n(-c2ccc(F)cc2)c1=O. The summed E-state index contributed by atoms with van der Waals surface area (Å²) in [6, 6.07) is 20.2. The molecular weight excluding hydrogens is 424 g/mol.